The second-order valence-electron chi connectivity index (χ2n) is 6.35. The second-order valence-corrected chi connectivity index (χ2v) is 6.35. The van der Waals surface area contributed by atoms with Gasteiger partial charge in [0.2, 0.25) is 5.91 Å². The van der Waals surface area contributed by atoms with Gasteiger partial charge in [0, 0.05) is 13.0 Å². The number of nitrogens with zero attached hydrogens (tertiary/aromatic N) is 1. The van der Waals surface area contributed by atoms with Crippen molar-refractivity contribution >= 4 is 11.9 Å². The lowest BCUT2D eigenvalue weighted by Crippen LogP contribution is -2.47. The lowest BCUT2D eigenvalue weighted by Gasteiger charge is -2.33. The molecule has 104 valence electrons. The minimum Gasteiger partial charge on any atom is -0.480 e. The first-order valence-corrected chi connectivity index (χ1v) is 6.83. The van der Waals surface area contributed by atoms with Crippen molar-refractivity contribution < 1.29 is 14.7 Å². The number of aliphatic carboxylic acids is 1. The van der Waals surface area contributed by atoms with Crippen LogP contribution in [0.4, 0.5) is 0 Å². The molecule has 0 aromatic heterocycles. The maximum Gasteiger partial charge on any atom is 0.326 e. The molecule has 18 heavy (non-hydrogen) atoms. The van der Waals surface area contributed by atoms with E-state index in [0.717, 1.165) is 25.7 Å². The van der Waals surface area contributed by atoms with E-state index in [1.807, 2.05) is 0 Å². The number of hydrogen-bond donors (Lipinski definition) is 1. The molecule has 0 saturated carbocycles. The van der Waals surface area contributed by atoms with E-state index in [9.17, 15) is 9.59 Å². The second kappa shape index (κ2) is 6.21. The summed E-state index contributed by atoms with van der Waals surface area (Å²) in [7, 11) is 0. The average molecular weight is 255 g/mol. The van der Waals surface area contributed by atoms with Gasteiger partial charge in [0.1, 0.15) is 6.04 Å². The summed E-state index contributed by atoms with van der Waals surface area (Å²) in [5.41, 5.74) is 0.231. The largest absolute Gasteiger partial charge is 0.480 e. The number of hydrogen-bond acceptors (Lipinski definition) is 2. The smallest absolute Gasteiger partial charge is 0.326 e. The normalized spacial score (nSPS) is 20.8. The highest BCUT2D eigenvalue weighted by Crippen LogP contribution is 2.23. The van der Waals surface area contributed by atoms with Crippen LogP contribution in [0.25, 0.3) is 0 Å². The molecule has 1 unspecified atom stereocenters. The van der Waals surface area contributed by atoms with Gasteiger partial charge in [-0.3, -0.25) is 4.79 Å². The number of rotatable bonds is 4. The van der Waals surface area contributed by atoms with E-state index >= 15 is 0 Å². The molecule has 4 nitrogen and oxygen atoms in total. The number of likely N-dealkylation sites (tertiary alicyclic amines) is 1. The summed E-state index contributed by atoms with van der Waals surface area (Å²) in [6.45, 7) is 7.06. The first-order valence-electron chi connectivity index (χ1n) is 6.83. The standard InChI is InChI=1S/C14H25NO3/c1-14(2,3)9-6-8-12(16)15-10-5-4-7-11(15)13(17)18/h11H,4-10H2,1-3H3,(H,17,18). The maximum atomic E-state index is 12.1. The first kappa shape index (κ1) is 15.0. The average Bonchev–Trinajstić information content (AvgIpc) is 2.27. The molecule has 1 aliphatic heterocycles. The Balaban J connectivity index is 2.46. The van der Waals surface area contributed by atoms with E-state index < -0.39 is 12.0 Å². The van der Waals surface area contributed by atoms with Crippen molar-refractivity contribution in [1.82, 2.24) is 4.90 Å². The molecule has 0 aromatic carbocycles. The highest BCUT2D eigenvalue weighted by molar-refractivity contribution is 5.83. The van der Waals surface area contributed by atoms with Gasteiger partial charge in [0.05, 0.1) is 0 Å². The zero-order valence-corrected chi connectivity index (χ0v) is 11.7. The van der Waals surface area contributed by atoms with Gasteiger partial charge in [-0.1, -0.05) is 20.8 Å². The first-order chi connectivity index (χ1) is 8.31. The molecule has 1 heterocycles. The number of piperidine rings is 1. The van der Waals surface area contributed by atoms with Crippen molar-refractivity contribution in [3.05, 3.63) is 0 Å². The quantitative estimate of drug-likeness (QED) is 0.840. The van der Waals surface area contributed by atoms with Crippen LogP contribution in [0.2, 0.25) is 0 Å². The van der Waals surface area contributed by atoms with Crippen LogP contribution in [0, 0.1) is 5.41 Å². The van der Waals surface area contributed by atoms with Crippen molar-refractivity contribution in [2.24, 2.45) is 5.41 Å². The van der Waals surface area contributed by atoms with Gasteiger partial charge in [0.25, 0.3) is 0 Å². The van der Waals surface area contributed by atoms with Crippen LogP contribution in [0.5, 0.6) is 0 Å². The molecule has 0 spiro atoms. The van der Waals surface area contributed by atoms with Crippen LogP contribution < -0.4 is 0 Å². The lowest BCUT2D eigenvalue weighted by atomic mass is 9.89. The fourth-order valence-electron chi connectivity index (χ4n) is 2.40. The highest BCUT2D eigenvalue weighted by Gasteiger charge is 2.31. The molecule has 1 saturated heterocycles. The predicted molar refractivity (Wildman–Crippen MR) is 70.3 cm³/mol. The molecular formula is C14H25NO3. The zero-order chi connectivity index (χ0) is 13.8. The number of amides is 1. The van der Waals surface area contributed by atoms with Crippen molar-refractivity contribution in [2.45, 2.75) is 65.3 Å². The van der Waals surface area contributed by atoms with Gasteiger partial charge < -0.3 is 10.0 Å². The summed E-state index contributed by atoms with van der Waals surface area (Å²) >= 11 is 0. The molecule has 0 aromatic rings. The Hall–Kier alpha value is -1.06. The van der Waals surface area contributed by atoms with Crippen molar-refractivity contribution in [3.63, 3.8) is 0 Å². The van der Waals surface area contributed by atoms with E-state index in [1.165, 1.54) is 0 Å². The Labute approximate surface area is 109 Å². The Morgan fingerprint density at radius 3 is 2.50 bits per heavy atom. The Morgan fingerprint density at radius 2 is 1.94 bits per heavy atom. The number of carboxylic acids is 1. The Kier molecular flexibility index (Phi) is 5.17. The molecule has 1 rings (SSSR count). The van der Waals surface area contributed by atoms with Crippen LogP contribution in [-0.4, -0.2) is 34.5 Å². The third kappa shape index (κ3) is 4.67. The minimum absolute atomic E-state index is 0.00588. The molecule has 1 amide bonds. The molecule has 0 radical (unpaired) electrons. The van der Waals surface area contributed by atoms with Crippen molar-refractivity contribution in [1.29, 1.82) is 0 Å². The Bertz CT molecular complexity index is 307. The summed E-state index contributed by atoms with van der Waals surface area (Å²) < 4.78 is 0. The van der Waals surface area contributed by atoms with Gasteiger partial charge in [-0.05, 0) is 37.5 Å². The van der Waals surface area contributed by atoms with Gasteiger partial charge in [-0.15, -0.1) is 0 Å². The van der Waals surface area contributed by atoms with Gasteiger partial charge in [-0.2, -0.15) is 0 Å². The predicted octanol–water partition coefficient (Wildman–Crippen LogP) is 2.67. The van der Waals surface area contributed by atoms with Crippen molar-refractivity contribution in [2.75, 3.05) is 6.54 Å². The number of carboxylic acid groups (broad SMARTS) is 1. The SMILES string of the molecule is CC(C)(C)CCCC(=O)N1CCCCC1C(=O)O. The van der Waals surface area contributed by atoms with Gasteiger partial charge in [0.15, 0.2) is 0 Å². The molecule has 1 atom stereocenters. The van der Waals surface area contributed by atoms with E-state index in [0.29, 0.717) is 19.4 Å². The van der Waals surface area contributed by atoms with E-state index in [2.05, 4.69) is 20.8 Å². The van der Waals surface area contributed by atoms with E-state index in [1.54, 1.807) is 4.90 Å². The summed E-state index contributed by atoms with van der Waals surface area (Å²) in [4.78, 5) is 24.7. The maximum absolute atomic E-state index is 12.1. The fraction of sp³-hybridized carbons (Fsp3) is 0.857. The number of carbonyl (C=O) groups excluding carboxylic acids is 1. The molecule has 1 fully saturated rings. The topological polar surface area (TPSA) is 57.6 Å². The monoisotopic (exact) mass is 255 g/mol. The number of carbonyl (C=O) groups is 2. The third-order valence-electron chi connectivity index (χ3n) is 3.43. The molecule has 1 aliphatic rings. The summed E-state index contributed by atoms with van der Waals surface area (Å²) in [5.74, 6) is -0.856. The van der Waals surface area contributed by atoms with Gasteiger partial charge >= 0.3 is 5.97 Å². The molecule has 4 heteroatoms. The molecule has 1 N–H and O–H groups in total. The summed E-state index contributed by atoms with van der Waals surface area (Å²) in [6.07, 6.45) is 4.73. The third-order valence-corrected chi connectivity index (χ3v) is 3.43. The van der Waals surface area contributed by atoms with Crippen LogP contribution in [0.15, 0.2) is 0 Å². The van der Waals surface area contributed by atoms with Crippen LogP contribution in [0.1, 0.15) is 59.3 Å². The summed E-state index contributed by atoms with van der Waals surface area (Å²) in [6, 6.07) is -0.596. The van der Waals surface area contributed by atoms with Crippen LogP contribution in [-0.2, 0) is 9.59 Å². The Morgan fingerprint density at radius 1 is 1.28 bits per heavy atom. The molecule has 0 bridgehead atoms. The zero-order valence-electron chi connectivity index (χ0n) is 11.7. The lowest BCUT2D eigenvalue weighted by molar-refractivity contribution is -0.152. The van der Waals surface area contributed by atoms with E-state index in [4.69, 9.17) is 5.11 Å². The van der Waals surface area contributed by atoms with Crippen molar-refractivity contribution in [3.8, 4) is 0 Å². The molecule has 0 aliphatic carbocycles. The molecular weight excluding hydrogens is 230 g/mol. The van der Waals surface area contributed by atoms with Crippen LogP contribution in [0.3, 0.4) is 0 Å². The highest BCUT2D eigenvalue weighted by atomic mass is 16.4. The van der Waals surface area contributed by atoms with Gasteiger partial charge in [-0.25, -0.2) is 4.79 Å². The fourth-order valence-corrected chi connectivity index (χ4v) is 2.40. The van der Waals surface area contributed by atoms with E-state index in [-0.39, 0.29) is 11.3 Å². The minimum atomic E-state index is -0.862. The van der Waals surface area contributed by atoms with Crippen LogP contribution >= 0.6 is 0 Å². The summed E-state index contributed by atoms with van der Waals surface area (Å²) in [5, 5.41) is 9.12.